The fourth-order valence-corrected chi connectivity index (χ4v) is 2.11. The van der Waals surface area contributed by atoms with E-state index < -0.39 is 41.2 Å². The first kappa shape index (κ1) is 15.3. The number of pyridine rings is 1. The lowest BCUT2D eigenvalue weighted by Crippen LogP contribution is -2.17. The largest absolute Gasteiger partial charge is 0.450 e. The zero-order chi connectivity index (χ0) is 16.9. The molecule has 0 bridgehead atoms. The lowest BCUT2D eigenvalue weighted by molar-refractivity contribution is -0.145. The first-order valence-corrected chi connectivity index (χ1v) is 5.97. The molecule has 120 valence electrons. The molecule has 23 heavy (non-hydrogen) atoms. The Morgan fingerprint density at radius 3 is 1.96 bits per heavy atom. The van der Waals surface area contributed by atoms with Crippen LogP contribution in [0.25, 0.3) is 16.7 Å². The summed E-state index contributed by atoms with van der Waals surface area (Å²) >= 11 is 0. The summed E-state index contributed by atoms with van der Waals surface area (Å²) in [7, 11) is 0. The molecular formula is C13H4F7N3. The molecule has 2 aromatic heterocycles. The molecular weight excluding hydrogens is 331 g/mol. The molecule has 3 rings (SSSR count). The number of imidazole rings is 1. The van der Waals surface area contributed by atoms with Gasteiger partial charge in [-0.15, -0.1) is 0 Å². The molecule has 0 amide bonds. The summed E-state index contributed by atoms with van der Waals surface area (Å²) in [6, 6.07) is 4.86. The smallest absolute Gasteiger partial charge is 0.283 e. The minimum absolute atomic E-state index is 0.0200. The second-order valence-electron chi connectivity index (χ2n) is 4.43. The predicted octanol–water partition coefficient (Wildman–Crippen LogP) is 4.00. The van der Waals surface area contributed by atoms with Gasteiger partial charge in [-0.3, -0.25) is 4.57 Å². The standard InChI is InChI=1S/C13H4F7N3/c14-7-9(8(15)11(17)22-10(7)16)23-6-4-2-1-3-5(6)21-12(23)13(18,19)20/h1-4H. The predicted molar refractivity (Wildman–Crippen MR) is 63.7 cm³/mol. The van der Waals surface area contributed by atoms with Crippen LogP contribution in [0, 0.1) is 23.5 Å². The highest BCUT2D eigenvalue weighted by atomic mass is 19.4. The van der Waals surface area contributed by atoms with E-state index in [1.807, 2.05) is 0 Å². The van der Waals surface area contributed by atoms with Gasteiger partial charge in [-0.1, -0.05) is 12.1 Å². The van der Waals surface area contributed by atoms with Crippen molar-refractivity contribution in [2.24, 2.45) is 0 Å². The van der Waals surface area contributed by atoms with Crippen LogP contribution in [-0.4, -0.2) is 14.5 Å². The Bertz CT molecular complexity index is 888. The van der Waals surface area contributed by atoms with Crippen LogP contribution in [0.4, 0.5) is 30.7 Å². The van der Waals surface area contributed by atoms with E-state index in [2.05, 4.69) is 9.97 Å². The summed E-state index contributed by atoms with van der Waals surface area (Å²) in [5.74, 6) is -9.97. The highest BCUT2D eigenvalue weighted by molar-refractivity contribution is 5.78. The molecule has 2 heterocycles. The van der Waals surface area contributed by atoms with Crippen LogP contribution in [0.3, 0.4) is 0 Å². The van der Waals surface area contributed by atoms with Gasteiger partial charge < -0.3 is 0 Å². The first-order chi connectivity index (χ1) is 10.7. The average Bonchev–Trinajstić information content (AvgIpc) is 2.85. The molecule has 0 radical (unpaired) electrons. The maximum absolute atomic E-state index is 13.8. The summed E-state index contributed by atoms with van der Waals surface area (Å²) in [6.45, 7) is 0. The van der Waals surface area contributed by atoms with Crippen LogP contribution >= 0.6 is 0 Å². The van der Waals surface area contributed by atoms with E-state index in [4.69, 9.17) is 0 Å². The van der Waals surface area contributed by atoms with E-state index >= 15 is 0 Å². The van der Waals surface area contributed by atoms with Gasteiger partial charge in [-0.2, -0.15) is 35.7 Å². The number of halogens is 7. The third-order valence-corrected chi connectivity index (χ3v) is 3.01. The maximum Gasteiger partial charge on any atom is 0.450 e. The van der Waals surface area contributed by atoms with Crippen molar-refractivity contribution in [2.75, 3.05) is 0 Å². The molecule has 0 N–H and O–H groups in total. The molecule has 0 fully saturated rings. The third-order valence-electron chi connectivity index (χ3n) is 3.01. The van der Waals surface area contributed by atoms with Crippen LogP contribution in [-0.2, 0) is 6.18 Å². The Morgan fingerprint density at radius 1 is 0.826 bits per heavy atom. The van der Waals surface area contributed by atoms with Gasteiger partial charge in [0.15, 0.2) is 0 Å². The van der Waals surface area contributed by atoms with Crippen molar-refractivity contribution in [1.82, 2.24) is 14.5 Å². The van der Waals surface area contributed by atoms with E-state index in [9.17, 15) is 30.7 Å². The van der Waals surface area contributed by atoms with E-state index in [1.54, 1.807) is 0 Å². The summed E-state index contributed by atoms with van der Waals surface area (Å²) in [5, 5.41) is 0. The number of hydrogen-bond donors (Lipinski definition) is 0. The van der Waals surface area contributed by atoms with Crippen molar-refractivity contribution in [1.29, 1.82) is 0 Å². The van der Waals surface area contributed by atoms with Crippen molar-refractivity contribution >= 4 is 11.0 Å². The minimum atomic E-state index is -5.12. The molecule has 3 aromatic rings. The number of hydrogen-bond acceptors (Lipinski definition) is 2. The molecule has 0 aliphatic rings. The lowest BCUT2D eigenvalue weighted by Gasteiger charge is -2.13. The maximum atomic E-state index is 13.8. The summed E-state index contributed by atoms with van der Waals surface area (Å²) in [6.07, 6.45) is -5.12. The monoisotopic (exact) mass is 335 g/mol. The fraction of sp³-hybridized carbons (Fsp3) is 0.0769. The van der Waals surface area contributed by atoms with Crippen molar-refractivity contribution in [3.63, 3.8) is 0 Å². The number of rotatable bonds is 1. The number of fused-ring (bicyclic) bond motifs is 1. The van der Waals surface area contributed by atoms with Crippen LogP contribution in [0.5, 0.6) is 0 Å². The molecule has 10 heteroatoms. The molecule has 3 nitrogen and oxygen atoms in total. The number of nitrogens with zero attached hydrogens (tertiary/aromatic N) is 3. The van der Waals surface area contributed by atoms with Crippen LogP contribution < -0.4 is 0 Å². The molecule has 0 atom stereocenters. The summed E-state index contributed by atoms with van der Waals surface area (Å²) in [4.78, 5) is 5.56. The first-order valence-electron chi connectivity index (χ1n) is 5.97. The van der Waals surface area contributed by atoms with Gasteiger partial charge in [0.05, 0.1) is 11.0 Å². The SMILES string of the molecule is Fc1nc(F)c(F)c(-n2c(C(F)(F)F)nc3ccccc32)c1F. The molecule has 0 spiro atoms. The average molecular weight is 335 g/mol. The zero-order valence-corrected chi connectivity index (χ0v) is 10.8. The van der Waals surface area contributed by atoms with Crippen LogP contribution in [0.15, 0.2) is 24.3 Å². The summed E-state index contributed by atoms with van der Waals surface area (Å²) in [5.41, 5.74) is -2.20. The number of aromatic nitrogens is 3. The van der Waals surface area contributed by atoms with E-state index in [-0.39, 0.29) is 15.6 Å². The van der Waals surface area contributed by atoms with Crippen molar-refractivity contribution in [2.45, 2.75) is 6.18 Å². The van der Waals surface area contributed by atoms with Gasteiger partial charge in [-0.05, 0) is 12.1 Å². The quantitative estimate of drug-likeness (QED) is 0.497. The molecule has 0 saturated carbocycles. The Hall–Kier alpha value is -2.65. The number of para-hydroxylation sites is 2. The van der Waals surface area contributed by atoms with E-state index in [0.717, 1.165) is 12.1 Å². The molecule has 0 saturated heterocycles. The molecule has 0 aliphatic carbocycles. The molecule has 0 unspecified atom stereocenters. The van der Waals surface area contributed by atoms with Gasteiger partial charge >= 0.3 is 6.18 Å². The van der Waals surface area contributed by atoms with E-state index in [0.29, 0.717) is 0 Å². The fourth-order valence-electron chi connectivity index (χ4n) is 2.11. The number of benzene rings is 1. The second kappa shape index (κ2) is 4.93. The highest BCUT2D eigenvalue weighted by Gasteiger charge is 2.40. The second-order valence-corrected chi connectivity index (χ2v) is 4.43. The van der Waals surface area contributed by atoms with Gasteiger partial charge in [0.1, 0.15) is 5.69 Å². The molecule has 0 aliphatic heterocycles. The Kier molecular flexibility index (Phi) is 3.27. The topological polar surface area (TPSA) is 30.7 Å². The van der Waals surface area contributed by atoms with Gasteiger partial charge in [0.25, 0.3) is 11.9 Å². The van der Waals surface area contributed by atoms with E-state index in [1.165, 1.54) is 12.1 Å². The Labute approximate surface area is 123 Å². The Balaban J connectivity index is 2.50. The van der Waals surface area contributed by atoms with Crippen LogP contribution in [0.1, 0.15) is 5.82 Å². The van der Waals surface area contributed by atoms with Gasteiger partial charge in [0.2, 0.25) is 17.5 Å². The number of alkyl halides is 3. The normalized spacial score (nSPS) is 12.1. The van der Waals surface area contributed by atoms with Crippen molar-refractivity contribution < 1.29 is 30.7 Å². The third kappa shape index (κ3) is 2.30. The molecule has 1 aromatic carbocycles. The van der Waals surface area contributed by atoms with Crippen LogP contribution in [0.2, 0.25) is 0 Å². The highest BCUT2D eigenvalue weighted by Crippen LogP contribution is 2.35. The minimum Gasteiger partial charge on any atom is -0.283 e. The van der Waals surface area contributed by atoms with Crippen molar-refractivity contribution in [3.05, 3.63) is 53.6 Å². The van der Waals surface area contributed by atoms with Gasteiger partial charge in [-0.25, -0.2) is 4.98 Å². The lowest BCUT2D eigenvalue weighted by atomic mass is 10.3. The van der Waals surface area contributed by atoms with Gasteiger partial charge in [0, 0.05) is 0 Å². The zero-order valence-electron chi connectivity index (χ0n) is 10.8. The summed E-state index contributed by atoms with van der Waals surface area (Å²) < 4.78 is 93.4. The Morgan fingerprint density at radius 2 is 1.39 bits per heavy atom. The van der Waals surface area contributed by atoms with Crippen molar-refractivity contribution in [3.8, 4) is 5.69 Å².